The first-order chi connectivity index (χ1) is 12.1. The molecular weight excluding hydrogens is 457 g/mol. The molecule has 0 saturated carbocycles. The van der Waals surface area contributed by atoms with Gasteiger partial charge in [0.15, 0.2) is 5.96 Å². The van der Waals surface area contributed by atoms with Crippen molar-refractivity contribution in [1.82, 2.24) is 20.5 Å². The van der Waals surface area contributed by atoms with Gasteiger partial charge >= 0.3 is 0 Å². The molecule has 1 aliphatic heterocycles. The molecule has 0 amide bonds. The van der Waals surface area contributed by atoms with Crippen LogP contribution in [-0.2, 0) is 6.54 Å². The normalized spacial score (nSPS) is 16.6. The zero-order chi connectivity index (χ0) is 18.1. The molecule has 0 bridgehead atoms. The maximum Gasteiger partial charge on any atom is 0.190 e. The molecule has 0 aliphatic carbocycles. The Bertz CT molecular complexity index is 522. The fraction of sp³-hybridized carbons (Fsp3) is 0.789. The molecule has 0 aromatic carbocycles. The van der Waals surface area contributed by atoms with Crippen LogP contribution in [0.2, 0.25) is 0 Å². The molecular formula is C19H36IN5S. The maximum absolute atomic E-state index is 4.58. The highest BCUT2D eigenvalue weighted by Gasteiger charge is 2.20. The van der Waals surface area contributed by atoms with E-state index in [1.807, 2.05) is 7.05 Å². The zero-order valence-electron chi connectivity index (χ0n) is 16.8. The van der Waals surface area contributed by atoms with E-state index in [0.29, 0.717) is 0 Å². The summed E-state index contributed by atoms with van der Waals surface area (Å²) >= 11 is 1.75. The second-order valence-corrected chi connectivity index (χ2v) is 8.16. The number of likely N-dealkylation sites (tertiary alicyclic amines) is 1. The van der Waals surface area contributed by atoms with Crippen molar-refractivity contribution in [3.05, 3.63) is 16.1 Å². The summed E-state index contributed by atoms with van der Waals surface area (Å²) < 4.78 is 0. The van der Waals surface area contributed by atoms with Crippen LogP contribution in [0.1, 0.15) is 50.2 Å². The number of aryl methyl sites for hydroxylation is 1. The number of hydrogen-bond donors (Lipinski definition) is 2. The molecule has 1 aromatic heterocycles. The van der Waals surface area contributed by atoms with E-state index >= 15 is 0 Å². The van der Waals surface area contributed by atoms with Crippen molar-refractivity contribution in [3.63, 3.8) is 0 Å². The van der Waals surface area contributed by atoms with E-state index in [-0.39, 0.29) is 24.0 Å². The van der Waals surface area contributed by atoms with Gasteiger partial charge in [0.05, 0.1) is 10.7 Å². The molecule has 1 aliphatic rings. The van der Waals surface area contributed by atoms with Gasteiger partial charge in [-0.2, -0.15) is 0 Å². The van der Waals surface area contributed by atoms with Gasteiger partial charge in [-0.05, 0) is 44.7 Å². The van der Waals surface area contributed by atoms with E-state index in [1.54, 1.807) is 11.3 Å². The Morgan fingerprint density at radius 3 is 2.54 bits per heavy atom. The number of rotatable bonds is 8. The number of piperidine rings is 1. The zero-order valence-corrected chi connectivity index (χ0v) is 19.9. The first kappa shape index (κ1) is 23.6. The molecule has 150 valence electrons. The molecule has 2 N–H and O–H groups in total. The molecule has 0 radical (unpaired) electrons. The average Bonchev–Trinajstić information content (AvgIpc) is 3.04. The van der Waals surface area contributed by atoms with E-state index in [2.05, 4.69) is 51.7 Å². The van der Waals surface area contributed by atoms with Crippen LogP contribution < -0.4 is 10.6 Å². The second-order valence-electron chi connectivity index (χ2n) is 7.09. The fourth-order valence-electron chi connectivity index (χ4n) is 3.34. The van der Waals surface area contributed by atoms with Crippen molar-refractivity contribution in [2.24, 2.45) is 16.8 Å². The summed E-state index contributed by atoms with van der Waals surface area (Å²) in [6.45, 7) is 12.0. The van der Waals surface area contributed by atoms with Crippen LogP contribution >= 0.6 is 35.3 Å². The third-order valence-electron chi connectivity index (χ3n) is 5.25. The number of hydrogen-bond acceptors (Lipinski definition) is 4. The number of halogens is 1. The van der Waals surface area contributed by atoms with Crippen LogP contribution in [0.4, 0.5) is 0 Å². The first-order valence-electron chi connectivity index (χ1n) is 9.72. The Morgan fingerprint density at radius 1 is 1.31 bits per heavy atom. The number of aliphatic imine (C=N–C) groups is 1. The molecule has 1 aromatic rings. The van der Waals surface area contributed by atoms with Crippen molar-refractivity contribution in [2.75, 3.05) is 33.2 Å². The third kappa shape index (κ3) is 8.08. The van der Waals surface area contributed by atoms with E-state index in [9.17, 15) is 0 Å². The number of nitrogens with zero attached hydrogens (tertiary/aromatic N) is 3. The fourth-order valence-corrected chi connectivity index (χ4v) is 3.94. The van der Waals surface area contributed by atoms with E-state index in [0.717, 1.165) is 37.4 Å². The van der Waals surface area contributed by atoms with Crippen molar-refractivity contribution in [1.29, 1.82) is 0 Å². The minimum Gasteiger partial charge on any atom is -0.356 e. The predicted octanol–water partition coefficient (Wildman–Crippen LogP) is 3.88. The van der Waals surface area contributed by atoms with Crippen LogP contribution in [0, 0.1) is 18.8 Å². The van der Waals surface area contributed by atoms with Gasteiger partial charge in [0, 0.05) is 32.1 Å². The lowest BCUT2D eigenvalue weighted by molar-refractivity contribution is 0.176. The Labute approximate surface area is 180 Å². The Morgan fingerprint density at radius 2 is 2.00 bits per heavy atom. The van der Waals surface area contributed by atoms with Gasteiger partial charge < -0.3 is 10.6 Å². The summed E-state index contributed by atoms with van der Waals surface area (Å²) in [5, 5.41) is 10.4. The van der Waals surface area contributed by atoms with Crippen LogP contribution in [0.15, 0.2) is 10.4 Å². The summed E-state index contributed by atoms with van der Waals surface area (Å²) in [4.78, 5) is 11.5. The standard InChI is InChI=1S/C19H35N5S.HI/c1-5-16(6-2)11-21-19(20-4)22-12-17-7-9-24(10-8-17)13-18-14-25-15(3)23-18;/h14,16-17H,5-13H2,1-4H3,(H2,20,21,22);1H. The van der Waals surface area contributed by atoms with Gasteiger partial charge in [0.25, 0.3) is 0 Å². The first-order valence-corrected chi connectivity index (χ1v) is 10.6. The van der Waals surface area contributed by atoms with Crippen LogP contribution in [0.5, 0.6) is 0 Å². The molecule has 0 spiro atoms. The van der Waals surface area contributed by atoms with Gasteiger partial charge in [-0.1, -0.05) is 26.7 Å². The van der Waals surface area contributed by atoms with Crippen molar-refractivity contribution >= 4 is 41.3 Å². The predicted molar refractivity (Wildman–Crippen MR) is 124 cm³/mol. The highest BCUT2D eigenvalue weighted by Crippen LogP contribution is 2.19. The average molecular weight is 494 g/mol. The topological polar surface area (TPSA) is 52.6 Å². The quantitative estimate of drug-likeness (QED) is 0.328. The lowest BCUT2D eigenvalue weighted by atomic mass is 9.97. The summed E-state index contributed by atoms with van der Waals surface area (Å²) in [6, 6.07) is 0. The molecule has 7 heteroatoms. The molecule has 2 heterocycles. The van der Waals surface area contributed by atoms with Gasteiger partial charge in [0.2, 0.25) is 0 Å². The molecule has 0 atom stereocenters. The molecule has 0 unspecified atom stereocenters. The van der Waals surface area contributed by atoms with Crippen LogP contribution in [0.25, 0.3) is 0 Å². The van der Waals surface area contributed by atoms with Crippen molar-refractivity contribution in [3.8, 4) is 0 Å². The maximum atomic E-state index is 4.58. The van der Waals surface area contributed by atoms with Gasteiger partial charge in [0.1, 0.15) is 0 Å². The molecule has 5 nitrogen and oxygen atoms in total. The van der Waals surface area contributed by atoms with Gasteiger partial charge in [-0.15, -0.1) is 35.3 Å². The monoisotopic (exact) mass is 493 g/mol. The molecule has 26 heavy (non-hydrogen) atoms. The Hall–Kier alpha value is -0.410. The van der Waals surface area contributed by atoms with Crippen LogP contribution in [-0.4, -0.2) is 49.1 Å². The third-order valence-corrected chi connectivity index (χ3v) is 6.08. The lowest BCUT2D eigenvalue weighted by Gasteiger charge is -2.31. The number of thiazole rings is 1. The largest absolute Gasteiger partial charge is 0.356 e. The molecule has 1 fully saturated rings. The van der Waals surface area contributed by atoms with Gasteiger partial charge in [-0.3, -0.25) is 9.89 Å². The summed E-state index contributed by atoms with van der Waals surface area (Å²) in [7, 11) is 1.86. The highest BCUT2D eigenvalue weighted by molar-refractivity contribution is 14.0. The summed E-state index contributed by atoms with van der Waals surface area (Å²) in [6.07, 6.45) is 4.94. The SMILES string of the molecule is CCC(CC)CNC(=NC)NCC1CCN(Cc2csc(C)n2)CC1.I. The number of aromatic nitrogens is 1. The Kier molecular flexibility index (Phi) is 11.7. The highest BCUT2D eigenvalue weighted by atomic mass is 127. The van der Waals surface area contributed by atoms with E-state index in [1.165, 1.54) is 49.5 Å². The molecule has 1 saturated heterocycles. The van der Waals surface area contributed by atoms with E-state index < -0.39 is 0 Å². The van der Waals surface area contributed by atoms with Gasteiger partial charge in [-0.25, -0.2) is 4.98 Å². The minimum absolute atomic E-state index is 0. The lowest BCUT2D eigenvalue weighted by Crippen LogP contribution is -2.43. The van der Waals surface area contributed by atoms with Crippen LogP contribution in [0.3, 0.4) is 0 Å². The molecule has 2 rings (SSSR count). The number of nitrogens with one attached hydrogen (secondary N) is 2. The minimum atomic E-state index is 0. The smallest absolute Gasteiger partial charge is 0.190 e. The Balaban J connectivity index is 0.00000338. The summed E-state index contributed by atoms with van der Waals surface area (Å²) in [5.41, 5.74) is 1.23. The van der Waals surface area contributed by atoms with Crippen molar-refractivity contribution in [2.45, 2.75) is 53.0 Å². The second kappa shape index (κ2) is 12.9. The van der Waals surface area contributed by atoms with E-state index in [4.69, 9.17) is 0 Å². The number of guanidine groups is 1. The van der Waals surface area contributed by atoms with Crippen molar-refractivity contribution < 1.29 is 0 Å². The summed E-state index contributed by atoms with van der Waals surface area (Å²) in [5.74, 6) is 2.42.